The van der Waals surface area contributed by atoms with Gasteiger partial charge in [-0.3, -0.25) is 9.48 Å². The summed E-state index contributed by atoms with van der Waals surface area (Å²) in [6.45, 7) is 1.44. The van der Waals surface area contributed by atoms with Crippen LogP contribution >= 0.6 is 0 Å². The highest BCUT2D eigenvalue weighted by molar-refractivity contribution is 6.05. The summed E-state index contributed by atoms with van der Waals surface area (Å²) in [7, 11) is 0. The van der Waals surface area contributed by atoms with Crippen LogP contribution in [0.3, 0.4) is 0 Å². The zero-order valence-corrected chi connectivity index (χ0v) is 11.0. The van der Waals surface area contributed by atoms with Crippen LogP contribution in [-0.2, 0) is 6.54 Å². The van der Waals surface area contributed by atoms with Gasteiger partial charge < -0.3 is 10.3 Å². The Morgan fingerprint density at radius 3 is 3.10 bits per heavy atom. The molecule has 0 aliphatic carbocycles. The molecule has 0 aliphatic heterocycles. The van der Waals surface area contributed by atoms with Gasteiger partial charge in [-0.15, -0.1) is 0 Å². The second kappa shape index (κ2) is 5.61. The van der Waals surface area contributed by atoms with Crippen molar-refractivity contribution in [3.63, 3.8) is 0 Å². The smallest absolute Gasteiger partial charge is 0.253 e. The van der Waals surface area contributed by atoms with Crippen LogP contribution in [-0.4, -0.2) is 27.2 Å². The molecule has 5 heteroatoms. The minimum Gasteiger partial charge on any atom is -0.361 e. The molecule has 0 spiro atoms. The Balaban J connectivity index is 1.58. The zero-order chi connectivity index (χ0) is 13.8. The molecule has 3 aromatic rings. The molecule has 0 saturated carbocycles. The Labute approximate surface area is 116 Å². The number of aromatic amines is 1. The summed E-state index contributed by atoms with van der Waals surface area (Å²) in [5, 5.41) is 8.12. The molecule has 0 atom stereocenters. The van der Waals surface area contributed by atoms with Crippen LogP contribution in [0.1, 0.15) is 16.8 Å². The van der Waals surface area contributed by atoms with E-state index >= 15 is 0 Å². The predicted octanol–water partition coefficient (Wildman–Crippen LogP) is 2.18. The van der Waals surface area contributed by atoms with Gasteiger partial charge >= 0.3 is 0 Å². The Hall–Kier alpha value is -2.56. The summed E-state index contributed by atoms with van der Waals surface area (Å²) in [5.74, 6) is -0.0430. The first kappa shape index (κ1) is 12.5. The van der Waals surface area contributed by atoms with Crippen molar-refractivity contribution in [2.45, 2.75) is 13.0 Å². The lowest BCUT2D eigenvalue weighted by Crippen LogP contribution is -2.25. The topological polar surface area (TPSA) is 62.7 Å². The standard InChI is InChI=1S/C15H16N4O/c20-15(17-7-2-10-19-11-3-8-18-19)13-5-1-4-12-6-9-16-14(12)13/h1,3-6,8-9,11,16H,2,7,10H2,(H,17,20). The maximum absolute atomic E-state index is 12.2. The number of nitrogens with one attached hydrogen (secondary N) is 2. The SMILES string of the molecule is O=C(NCCCn1cccn1)c1cccc2cc[nH]c12. The highest BCUT2D eigenvalue weighted by Gasteiger charge is 2.09. The second-order valence-corrected chi connectivity index (χ2v) is 4.63. The van der Waals surface area contributed by atoms with Crippen molar-refractivity contribution in [1.82, 2.24) is 20.1 Å². The van der Waals surface area contributed by atoms with Crippen LogP contribution in [0.4, 0.5) is 0 Å². The number of carbonyl (C=O) groups excluding carboxylic acids is 1. The van der Waals surface area contributed by atoms with E-state index in [4.69, 9.17) is 0 Å². The first-order chi connectivity index (χ1) is 9.84. The van der Waals surface area contributed by atoms with Crippen LogP contribution in [0.2, 0.25) is 0 Å². The summed E-state index contributed by atoms with van der Waals surface area (Å²) in [4.78, 5) is 15.3. The van der Waals surface area contributed by atoms with Gasteiger partial charge in [0.05, 0.1) is 11.1 Å². The number of carbonyl (C=O) groups is 1. The van der Waals surface area contributed by atoms with Crippen LogP contribution in [0.15, 0.2) is 48.9 Å². The summed E-state index contributed by atoms with van der Waals surface area (Å²) in [6, 6.07) is 9.57. The number of aromatic nitrogens is 3. The molecular weight excluding hydrogens is 252 g/mol. The van der Waals surface area contributed by atoms with Crippen molar-refractivity contribution in [3.8, 4) is 0 Å². The number of H-pyrrole nitrogens is 1. The third-order valence-electron chi connectivity index (χ3n) is 3.24. The van der Waals surface area contributed by atoms with E-state index in [2.05, 4.69) is 15.4 Å². The van der Waals surface area contributed by atoms with Crippen molar-refractivity contribution in [3.05, 3.63) is 54.5 Å². The van der Waals surface area contributed by atoms with Gasteiger partial charge in [0.1, 0.15) is 0 Å². The van der Waals surface area contributed by atoms with Gasteiger partial charge in [-0.05, 0) is 24.6 Å². The highest BCUT2D eigenvalue weighted by Crippen LogP contribution is 2.16. The van der Waals surface area contributed by atoms with Gasteiger partial charge in [-0.25, -0.2) is 0 Å². The number of fused-ring (bicyclic) bond motifs is 1. The molecule has 0 aliphatic rings. The maximum Gasteiger partial charge on any atom is 0.253 e. The lowest BCUT2D eigenvalue weighted by molar-refractivity contribution is 0.0954. The van der Waals surface area contributed by atoms with Crippen molar-refractivity contribution in [2.75, 3.05) is 6.54 Å². The van der Waals surface area contributed by atoms with Crippen LogP contribution < -0.4 is 5.32 Å². The molecule has 20 heavy (non-hydrogen) atoms. The van der Waals surface area contributed by atoms with Crippen LogP contribution in [0.25, 0.3) is 10.9 Å². The van der Waals surface area contributed by atoms with Crippen LogP contribution in [0, 0.1) is 0 Å². The minimum atomic E-state index is -0.0430. The fraction of sp³-hybridized carbons (Fsp3) is 0.200. The number of rotatable bonds is 5. The zero-order valence-electron chi connectivity index (χ0n) is 11.0. The number of para-hydroxylation sites is 1. The van der Waals surface area contributed by atoms with Gasteiger partial charge in [-0.2, -0.15) is 5.10 Å². The molecular formula is C15H16N4O. The molecule has 1 amide bonds. The van der Waals surface area contributed by atoms with E-state index in [1.54, 1.807) is 6.20 Å². The first-order valence-corrected chi connectivity index (χ1v) is 6.66. The number of amides is 1. The van der Waals surface area contributed by atoms with Gasteiger partial charge in [0.25, 0.3) is 5.91 Å². The molecule has 0 fully saturated rings. The van der Waals surface area contributed by atoms with E-state index in [1.165, 1.54) is 0 Å². The molecule has 0 radical (unpaired) electrons. The van der Waals surface area contributed by atoms with Gasteiger partial charge in [-0.1, -0.05) is 12.1 Å². The lowest BCUT2D eigenvalue weighted by Gasteiger charge is -2.06. The van der Waals surface area contributed by atoms with Gasteiger partial charge in [0.15, 0.2) is 0 Å². The number of benzene rings is 1. The number of nitrogens with zero attached hydrogens (tertiary/aromatic N) is 2. The fourth-order valence-corrected chi connectivity index (χ4v) is 2.25. The Morgan fingerprint density at radius 2 is 2.25 bits per heavy atom. The molecule has 5 nitrogen and oxygen atoms in total. The summed E-state index contributed by atoms with van der Waals surface area (Å²) >= 11 is 0. The Kier molecular flexibility index (Phi) is 3.50. The molecule has 0 saturated heterocycles. The largest absolute Gasteiger partial charge is 0.361 e. The van der Waals surface area contributed by atoms with E-state index in [0.717, 1.165) is 23.9 Å². The van der Waals surface area contributed by atoms with E-state index in [0.29, 0.717) is 12.1 Å². The Bertz CT molecular complexity index is 700. The van der Waals surface area contributed by atoms with Gasteiger partial charge in [0, 0.05) is 37.1 Å². The monoisotopic (exact) mass is 268 g/mol. The third-order valence-corrected chi connectivity index (χ3v) is 3.24. The lowest BCUT2D eigenvalue weighted by atomic mass is 10.1. The molecule has 3 rings (SSSR count). The molecule has 0 bridgehead atoms. The van der Waals surface area contributed by atoms with Crippen molar-refractivity contribution < 1.29 is 4.79 Å². The first-order valence-electron chi connectivity index (χ1n) is 6.66. The van der Waals surface area contributed by atoms with E-state index in [1.807, 2.05) is 47.4 Å². The number of hydrogen-bond acceptors (Lipinski definition) is 2. The highest BCUT2D eigenvalue weighted by atomic mass is 16.1. The van der Waals surface area contributed by atoms with Crippen molar-refractivity contribution >= 4 is 16.8 Å². The summed E-state index contributed by atoms with van der Waals surface area (Å²) < 4.78 is 1.86. The quantitative estimate of drug-likeness (QED) is 0.697. The maximum atomic E-state index is 12.2. The summed E-state index contributed by atoms with van der Waals surface area (Å²) in [6.07, 6.45) is 6.37. The normalized spacial score (nSPS) is 10.8. The average Bonchev–Trinajstić information content (AvgIpc) is 3.13. The average molecular weight is 268 g/mol. The van der Waals surface area contributed by atoms with E-state index < -0.39 is 0 Å². The van der Waals surface area contributed by atoms with Crippen molar-refractivity contribution in [2.24, 2.45) is 0 Å². The molecule has 2 N–H and O–H groups in total. The summed E-state index contributed by atoms with van der Waals surface area (Å²) in [5.41, 5.74) is 1.57. The molecule has 0 unspecified atom stereocenters. The van der Waals surface area contributed by atoms with Crippen LogP contribution in [0.5, 0.6) is 0 Å². The fourth-order valence-electron chi connectivity index (χ4n) is 2.25. The second-order valence-electron chi connectivity index (χ2n) is 4.63. The van der Waals surface area contributed by atoms with Crippen molar-refractivity contribution in [1.29, 1.82) is 0 Å². The third kappa shape index (κ3) is 2.56. The minimum absolute atomic E-state index is 0.0430. The predicted molar refractivity (Wildman–Crippen MR) is 77.5 cm³/mol. The number of hydrogen-bond donors (Lipinski definition) is 2. The van der Waals surface area contributed by atoms with E-state index in [-0.39, 0.29) is 5.91 Å². The Morgan fingerprint density at radius 1 is 1.30 bits per heavy atom. The molecule has 1 aromatic carbocycles. The molecule has 102 valence electrons. The molecule has 2 heterocycles. The molecule has 2 aromatic heterocycles. The van der Waals surface area contributed by atoms with Gasteiger partial charge in [0.2, 0.25) is 0 Å². The van der Waals surface area contributed by atoms with E-state index in [9.17, 15) is 4.79 Å². The number of aryl methyl sites for hydroxylation is 1.